The highest BCUT2D eigenvalue weighted by molar-refractivity contribution is 7.99. The lowest BCUT2D eigenvalue weighted by molar-refractivity contribution is 0.935. The highest BCUT2D eigenvalue weighted by Crippen LogP contribution is 2.28. The maximum Gasteiger partial charge on any atom is 0.223 e. The van der Waals surface area contributed by atoms with Crippen molar-refractivity contribution in [2.24, 2.45) is 0 Å². The molecule has 0 aliphatic carbocycles. The number of aromatic nitrogens is 2. The van der Waals surface area contributed by atoms with Crippen LogP contribution in [0.4, 0.5) is 5.95 Å². The molecule has 0 aliphatic rings. The van der Waals surface area contributed by atoms with Crippen molar-refractivity contribution in [1.29, 1.82) is 0 Å². The highest BCUT2D eigenvalue weighted by atomic mass is 32.2. The monoisotopic (exact) mass is 259 g/mol. The minimum Gasteiger partial charge on any atom is -0.354 e. The molecule has 2 rings (SSSR count). The Morgan fingerprint density at radius 1 is 1.22 bits per heavy atom. The zero-order valence-corrected chi connectivity index (χ0v) is 11.5. The van der Waals surface area contributed by atoms with Crippen LogP contribution in [0.3, 0.4) is 0 Å². The zero-order valence-electron chi connectivity index (χ0n) is 10.7. The molecule has 0 unspecified atom stereocenters. The number of rotatable bonds is 5. The normalized spacial score (nSPS) is 10.3. The molecule has 0 amide bonds. The zero-order chi connectivity index (χ0) is 12.8. The van der Waals surface area contributed by atoms with Crippen LogP contribution in [0, 0.1) is 6.92 Å². The van der Waals surface area contributed by atoms with E-state index >= 15 is 0 Å². The van der Waals surface area contributed by atoms with Crippen molar-refractivity contribution in [2.45, 2.75) is 30.2 Å². The van der Waals surface area contributed by atoms with Crippen LogP contribution in [-0.2, 0) is 0 Å². The average Bonchev–Trinajstić information content (AvgIpc) is 2.40. The van der Waals surface area contributed by atoms with E-state index in [9.17, 15) is 0 Å². The molecule has 0 aliphatic heterocycles. The lowest BCUT2D eigenvalue weighted by atomic mass is 10.2. The van der Waals surface area contributed by atoms with Gasteiger partial charge in [-0.3, -0.25) is 0 Å². The van der Waals surface area contributed by atoms with Gasteiger partial charge in [-0.1, -0.05) is 36.9 Å². The molecule has 94 valence electrons. The summed E-state index contributed by atoms with van der Waals surface area (Å²) in [6.45, 7) is 5.14. The quantitative estimate of drug-likeness (QED) is 0.830. The molecule has 0 fully saturated rings. The van der Waals surface area contributed by atoms with Gasteiger partial charge in [-0.2, -0.15) is 0 Å². The van der Waals surface area contributed by atoms with Crippen molar-refractivity contribution in [2.75, 3.05) is 11.9 Å². The molecular formula is C14H17N3S. The third-order valence-corrected chi connectivity index (χ3v) is 3.59. The van der Waals surface area contributed by atoms with Gasteiger partial charge in [0.1, 0.15) is 5.03 Å². The Morgan fingerprint density at radius 2 is 2.06 bits per heavy atom. The molecule has 2 aromatic rings. The van der Waals surface area contributed by atoms with Gasteiger partial charge < -0.3 is 5.32 Å². The number of benzene rings is 1. The molecule has 0 bridgehead atoms. The first-order valence-electron chi connectivity index (χ1n) is 6.10. The van der Waals surface area contributed by atoms with E-state index in [4.69, 9.17) is 0 Å². The van der Waals surface area contributed by atoms with Crippen molar-refractivity contribution in [3.63, 3.8) is 0 Å². The van der Waals surface area contributed by atoms with E-state index in [0.29, 0.717) is 5.95 Å². The fourth-order valence-electron chi connectivity index (χ4n) is 1.50. The number of nitrogens with zero attached hydrogens (tertiary/aromatic N) is 2. The lowest BCUT2D eigenvalue weighted by Crippen LogP contribution is -2.04. The fourth-order valence-corrected chi connectivity index (χ4v) is 2.37. The summed E-state index contributed by atoms with van der Waals surface area (Å²) >= 11 is 1.67. The summed E-state index contributed by atoms with van der Waals surface area (Å²) in [7, 11) is 0. The van der Waals surface area contributed by atoms with Crippen molar-refractivity contribution in [3.05, 3.63) is 42.1 Å². The van der Waals surface area contributed by atoms with Crippen molar-refractivity contribution in [3.8, 4) is 0 Å². The summed E-state index contributed by atoms with van der Waals surface area (Å²) in [6.07, 6.45) is 2.87. The SMILES string of the molecule is CCCNc1nccc(Sc2ccccc2C)n1. The van der Waals surface area contributed by atoms with Crippen LogP contribution in [0.2, 0.25) is 0 Å². The predicted octanol–water partition coefficient (Wildman–Crippen LogP) is 3.76. The van der Waals surface area contributed by atoms with E-state index in [1.54, 1.807) is 18.0 Å². The van der Waals surface area contributed by atoms with Gasteiger partial charge in [0.2, 0.25) is 5.95 Å². The van der Waals surface area contributed by atoms with Gasteiger partial charge in [-0.15, -0.1) is 0 Å². The summed E-state index contributed by atoms with van der Waals surface area (Å²) in [6, 6.07) is 10.3. The van der Waals surface area contributed by atoms with E-state index in [-0.39, 0.29) is 0 Å². The second kappa shape index (κ2) is 6.40. The largest absolute Gasteiger partial charge is 0.354 e. The third kappa shape index (κ3) is 3.47. The van der Waals surface area contributed by atoms with Crippen LogP contribution in [0.15, 0.2) is 46.5 Å². The van der Waals surface area contributed by atoms with Crippen LogP contribution in [-0.4, -0.2) is 16.5 Å². The van der Waals surface area contributed by atoms with E-state index in [2.05, 4.69) is 41.3 Å². The summed E-state index contributed by atoms with van der Waals surface area (Å²) in [5.41, 5.74) is 1.27. The number of anilines is 1. The van der Waals surface area contributed by atoms with Gasteiger partial charge in [0.15, 0.2) is 0 Å². The fraction of sp³-hybridized carbons (Fsp3) is 0.286. The lowest BCUT2D eigenvalue weighted by Gasteiger charge is -2.06. The van der Waals surface area contributed by atoms with Crippen molar-refractivity contribution < 1.29 is 0 Å². The maximum absolute atomic E-state index is 4.49. The number of nitrogens with one attached hydrogen (secondary N) is 1. The molecule has 0 saturated carbocycles. The smallest absolute Gasteiger partial charge is 0.223 e. The van der Waals surface area contributed by atoms with Gasteiger partial charge in [0.05, 0.1) is 0 Å². The number of hydrogen-bond acceptors (Lipinski definition) is 4. The van der Waals surface area contributed by atoms with E-state index in [1.165, 1.54) is 10.5 Å². The predicted molar refractivity (Wildman–Crippen MR) is 76.1 cm³/mol. The second-order valence-corrected chi connectivity index (χ2v) is 5.08. The molecule has 0 saturated heterocycles. The molecule has 3 nitrogen and oxygen atoms in total. The molecule has 18 heavy (non-hydrogen) atoms. The summed E-state index contributed by atoms with van der Waals surface area (Å²) in [4.78, 5) is 9.93. The van der Waals surface area contributed by atoms with Crippen molar-refractivity contribution >= 4 is 17.7 Å². The summed E-state index contributed by atoms with van der Waals surface area (Å²) in [5.74, 6) is 0.704. The first kappa shape index (κ1) is 12.9. The maximum atomic E-state index is 4.49. The molecule has 1 heterocycles. The van der Waals surface area contributed by atoms with E-state index in [1.807, 2.05) is 18.2 Å². The van der Waals surface area contributed by atoms with Gasteiger partial charge in [-0.05, 0) is 31.0 Å². The minimum atomic E-state index is 0.704. The number of hydrogen-bond donors (Lipinski definition) is 1. The molecule has 1 N–H and O–H groups in total. The molecule has 1 aromatic heterocycles. The Kier molecular flexibility index (Phi) is 4.59. The molecule has 4 heteroatoms. The van der Waals surface area contributed by atoms with Gasteiger partial charge >= 0.3 is 0 Å². The van der Waals surface area contributed by atoms with Crippen LogP contribution >= 0.6 is 11.8 Å². The Bertz CT molecular complexity index is 514. The van der Waals surface area contributed by atoms with E-state index < -0.39 is 0 Å². The highest BCUT2D eigenvalue weighted by Gasteiger charge is 2.03. The van der Waals surface area contributed by atoms with Gasteiger partial charge in [0, 0.05) is 17.6 Å². The summed E-state index contributed by atoms with van der Waals surface area (Å²) < 4.78 is 0. The Balaban J connectivity index is 2.12. The molecular weight excluding hydrogens is 242 g/mol. The first-order valence-corrected chi connectivity index (χ1v) is 6.91. The topological polar surface area (TPSA) is 37.8 Å². The van der Waals surface area contributed by atoms with Crippen LogP contribution < -0.4 is 5.32 Å². The third-order valence-electron chi connectivity index (χ3n) is 2.47. The van der Waals surface area contributed by atoms with E-state index in [0.717, 1.165) is 18.0 Å². The Labute approximate surface area is 112 Å². The molecule has 0 spiro atoms. The molecule has 0 atom stereocenters. The number of aryl methyl sites for hydroxylation is 1. The Hall–Kier alpha value is -1.55. The Morgan fingerprint density at radius 3 is 2.83 bits per heavy atom. The van der Waals surface area contributed by atoms with Crippen LogP contribution in [0.1, 0.15) is 18.9 Å². The first-order chi connectivity index (χ1) is 8.79. The minimum absolute atomic E-state index is 0.704. The van der Waals surface area contributed by atoms with Gasteiger partial charge in [0.25, 0.3) is 0 Å². The van der Waals surface area contributed by atoms with Crippen LogP contribution in [0.5, 0.6) is 0 Å². The molecule has 1 aromatic carbocycles. The van der Waals surface area contributed by atoms with Crippen molar-refractivity contribution in [1.82, 2.24) is 9.97 Å². The molecule has 0 radical (unpaired) electrons. The second-order valence-electron chi connectivity index (χ2n) is 4.01. The van der Waals surface area contributed by atoms with Crippen LogP contribution in [0.25, 0.3) is 0 Å². The summed E-state index contributed by atoms with van der Waals surface area (Å²) in [5, 5.41) is 4.17. The standard InChI is InChI=1S/C14H17N3S/c1-3-9-15-14-16-10-8-13(17-14)18-12-7-5-4-6-11(12)2/h4-8,10H,3,9H2,1-2H3,(H,15,16,17). The van der Waals surface area contributed by atoms with Gasteiger partial charge in [-0.25, -0.2) is 9.97 Å². The average molecular weight is 259 g/mol.